The van der Waals surface area contributed by atoms with E-state index in [1.807, 2.05) is 0 Å². The van der Waals surface area contributed by atoms with E-state index in [4.69, 9.17) is 4.74 Å². The summed E-state index contributed by atoms with van der Waals surface area (Å²) in [6.07, 6.45) is 1.37. The van der Waals surface area contributed by atoms with Gasteiger partial charge in [-0.15, -0.1) is 5.10 Å². The predicted molar refractivity (Wildman–Crippen MR) is 72.8 cm³/mol. The Morgan fingerprint density at radius 1 is 1.23 bits per heavy atom. The third kappa shape index (κ3) is 2.04. The maximum atomic E-state index is 13.0. The van der Waals surface area contributed by atoms with Crippen LogP contribution in [0.4, 0.5) is 4.39 Å². The Kier molecular flexibility index (Phi) is 3.03. The van der Waals surface area contributed by atoms with Crippen molar-refractivity contribution in [3.05, 3.63) is 42.0 Å². The van der Waals surface area contributed by atoms with Gasteiger partial charge in [0.15, 0.2) is 0 Å². The standard InChI is InChI=1S/C13H13FN4O3S/c14-9-1-3-11(4-2-9)22(19,20)17-6-12-13(7-17)21-8-10-5-15-16-18(10)12/h1-5,12-13H,6-8H2/t12-,13?/m1/s1. The molecule has 1 aromatic heterocycles. The van der Waals surface area contributed by atoms with Crippen molar-refractivity contribution in [1.29, 1.82) is 0 Å². The van der Waals surface area contributed by atoms with Gasteiger partial charge in [0.25, 0.3) is 0 Å². The van der Waals surface area contributed by atoms with Crippen molar-refractivity contribution in [2.75, 3.05) is 13.1 Å². The van der Waals surface area contributed by atoms with Crippen LogP contribution in [0.25, 0.3) is 0 Å². The van der Waals surface area contributed by atoms with E-state index in [0.29, 0.717) is 6.61 Å². The first-order chi connectivity index (χ1) is 10.6. The summed E-state index contributed by atoms with van der Waals surface area (Å²) >= 11 is 0. The summed E-state index contributed by atoms with van der Waals surface area (Å²) in [5.41, 5.74) is 0.835. The van der Waals surface area contributed by atoms with Gasteiger partial charge in [-0.3, -0.25) is 0 Å². The molecule has 116 valence electrons. The Morgan fingerprint density at radius 2 is 2.00 bits per heavy atom. The average Bonchev–Trinajstić information content (AvgIpc) is 3.13. The maximum absolute atomic E-state index is 13.0. The Hall–Kier alpha value is -1.84. The molecule has 2 aromatic rings. The van der Waals surface area contributed by atoms with E-state index in [9.17, 15) is 12.8 Å². The molecule has 3 heterocycles. The monoisotopic (exact) mass is 324 g/mol. The largest absolute Gasteiger partial charge is 0.368 e. The first-order valence-corrected chi connectivity index (χ1v) is 8.26. The van der Waals surface area contributed by atoms with Crippen LogP contribution < -0.4 is 0 Å². The number of rotatable bonds is 2. The van der Waals surface area contributed by atoms with Crippen LogP contribution in [0.2, 0.25) is 0 Å². The van der Waals surface area contributed by atoms with E-state index in [0.717, 1.165) is 17.8 Å². The van der Waals surface area contributed by atoms with E-state index >= 15 is 0 Å². The summed E-state index contributed by atoms with van der Waals surface area (Å²) in [5, 5.41) is 7.86. The second kappa shape index (κ2) is 4.83. The van der Waals surface area contributed by atoms with Gasteiger partial charge in [-0.2, -0.15) is 4.31 Å². The lowest BCUT2D eigenvalue weighted by molar-refractivity contribution is -0.00389. The fraction of sp³-hybridized carbons (Fsp3) is 0.385. The SMILES string of the molecule is O=S(=O)(c1ccc(F)cc1)N1CC2OCc3cnnn3[C@@H]2C1. The molecule has 1 saturated heterocycles. The summed E-state index contributed by atoms with van der Waals surface area (Å²) in [7, 11) is -3.67. The van der Waals surface area contributed by atoms with E-state index in [2.05, 4.69) is 10.3 Å². The van der Waals surface area contributed by atoms with Crippen LogP contribution in [0.3, 0.4) is 0 Å². The molecule has 2 aliphatic rings. The number of nitrogens with zero attached hydrogens (tertiary/aromatic N) is 4. The van der Waals surface area contributed by atoms with Crippen LogP contribution in [0, 0.1) is 5.82 Å². The van der Waals surface area contributed by atoms with Crippen LogP contribution >= 0.6 is 0 Å². The molecule has 22 heavy (non-hydrogen) atoms. The van der Waals surface area contributed by atoms with Crippen LogP contribution in [0.15, 0.2) is 35.4 Å². The molecule has 4 rings (SSSR count). The predicted octanol–water partition coefficient (Wildman–Crippen LogP) is 0.562. The molecule has 1 unspecified atom stereocenters. The van der Waals surface area contributed by atoms with Crippen molar-refractivity contribution in [3.63, 3.8) is 0 Å². The molecule has 0 saturated carbocycles. The topological polar surface area (TPSA) is 77.3 Å². The molecule has 0 spiro atoms. The van der Waals surface area contributed by atoms with Gasteiger partial charge in [0, 0.05) is 13.1 Å². The zero-order valence-electron chi connectivity index (χ0n) is 11.5. The number of hydrogen-bond donors (Lipinski definition) is 0. The highest BCUT2D eigenvalue weighted by Gasteiger charge is 2.44. The van der Waals surface area contributed by atoms with Crippen LogP contribution in [-0.2, 0) is 21.4 Å². The van der Waals surface area contributed by atoms with Gasteiger partial charge >= 0.3 is 0 Å². The molecule has 0 radical (unpaired) electrons. The quantitative estimate of drug-likeness (QED) is 0.807. The number of halogens is 1. The molecular weight excluding hydrogens is 311 g/mol. The van der Waals surface area contributed by atoms with Gasteiger partial charge in [0.05, 0.1) is 35.5 Å². The molecule has 0 aliphatic carbocycles. The number of benzene rings is 1. The highest BCUT2D eigenvalue weighted by molar-refractivity contribution is 7.89. The zero-order valence-corrected chi connectivity index (χ0v) is 12.3. The summed E-state index contributed by atoms with van der Waals surface area (Å²) in [6, 6.07) is 4.65. The first-order valence-electron chi connectivity index (χ1n) is 6.82. The van der Waals surface area contributed by atoms with E-state index in [-0.39, 0.29) is 30.1 Å². The molecule has 0 amide bonds. The Bertz CT molecular complexity index is 805. The minimum atomic E-state index is -3.67. The lowest BCUT2D eigenvalue weighted by Crippen LogP contribution is -2.32. The molecular formula is C13H13FN4O3S. The van der Waals surface area contributed by atoms with E-state index < -0.39 is 15.8 Å². The molecule has 7 nitrogen and oxygen atoms in total. The third-order valence-corrected chi connectivity index (χ3v) is 5.91. The normalized spacial score (nSPS) is 25.0. The molecule has 2 atom stereocenters. The highest BCUT2D eigenvalue weighted by Crippen LogP contribution is 2.33. The molecule has 2 aliphatic heterocycles. The molecule has 0 N–H and O–H groups in total. The minimum absolute atomic E-state index is 0.0753. The minimum Gasteiger partial charge on any atom is -0.368 e. The second-order valence-corrected chi connectivity index (χ2v) is 7.30. The maximum Gasteiger partial charge on any atom is 0.243 e. The fourth-order valence-electron chi connectivity index (χ4n) is 2.91. The summed E-state index contributed by atoms with van der Waals surface area (Å²) < 4.78 is 47.0. The number of ether oxygens (including phenoxy) is 1. The highest BCUT2D eigenvalue weighted by atomic mass is 32.2. The van der Waals surface area contributed by atoms with Crippen molar-refractivity contribution in [2.24, 2.45) is 0 Å². The van der Waals surface area contributed by atoms with Crippen molar-refractivity contribution >= 4 is 10.0 Å². The molecule has 0 bridgehead atoms. The van der Waals surface area contributed by atoms with Gasteiger partial charge in [-0.25, -0.2) is 17.5 Å². The smallest absolute Gasteiger partial charge is 0.243 e. The number of fused-ring (bicyclic) bond motifs is 3. The zero-order chi connectivity index (χ0) is 15.3. The molecule has 1 aromatic carbocycles. The fourth-order valence-corrected chi connectivity index (χ4v) is 4.38. The number of aromatic nitrogens is 3. The van der Waals surface area contributed by atoms with Gasteiger partial charge in [-0.05, 0) is 24.3 Å². The lowest BCUT2D eigenvalue weighted by atomic mass is 10.2. The molecule has 1 fully saturated rings. The Morgan fingerprint density at radius 3 is 2.77 bits per heavy atom. The van der Waals surface area contributed by atoms with Gasteiger partial charge < -0.3 is 4.74 Å². The molecule has 9 heteroatoms. The summed E-state index contributed by atoms with van der Waals surface area (Å²) in [4.78, 5) is 0.0753. The Labute approximate surface area is 126 Å². The lowest BCUT2D eigenvalue weighted by Gasteiger charge is -2.25. The summed E-state index contributed by atoms with van der Waals surface area (Å²) in [5.74, 6) is -0.468. The summed E-state index contributed by atoms with van der Waals surface area (Å²) in [6.45, 7) is 0.892. The second-order valence-electron chi connectivity index (χ2n) is 5.36. The van der Waals surface area contributed by atoms with Crippen molar-refractivity contribution in [3.8, 4) is 0 Å². The number of sulfonamides is 1. The van der Waals surface area contributed by atoms with E-state index in [1.54, 1.807) is 10.9 Å². The average molecular weight is 324 g/mol. The van der Waals surface area contributed by atoms with E-state index in [1.165, 1.54) is 16.4 Å². The third-order valence-electron chi connectivity index (χ3n) is 4.06. The van der Waals surface area contributed by atoms with Crippen LogP contribution in [0.5, 0.6) is 0 Å². The van der Waals surface area contributed by atoms with Crippen molar-refractivity contribution in [2.45, 2.75) is 23.6 Å². The van der Waals surface area contributed by atoms with Crippen LogP contribution in [-0.4, -0.2) is 46.9 Å². The van der Waals surface area contributed by atoms with Gasteiger partial charge in [0.2, 0.25) is 10.0 Å². The first kappa shape index (κ1) is 13.8. The van der Waals surface area contributed by atoms with Gasteiger partial charge in [-0.1, -0.05) is 5.21 Å². The van der Waals surface area contributed by atoms with Crippen LogP contribution in [0.1, 0.15) is 11.7 Å². The van der Waals surface area contributed by atoms with Crippen molar-refractivity contribution < 1.29 is 17.5 Å². The Balaban J connectivity index is 1.64. The van der Waals surface area contributed by atoms with Gasteiger partial charge in [0.1, 0.15) is 5.82 Å². The van der Waals surface area contributed by atoms with Crippen molar-refractivity contribution in [1.82, 2.24) is 19.3 Å². The number of hydrogen-bond acceptors (Lipinski definition) is 5.